The molecule has 5 nitrogen and oxygen atoms in total. The van der Waals surface area contributed by atoms with Crippen molar-refractivity contribution in [3.05, 3.63) is 41.7 Å². The molecule has 0 aliphatic carbocycles. The van der Waals surface area contributed by atoms with E-state index in [-0.39, 0.29) is 17.6 Å². The molecule has 1 aromatic heterocycles. The highest BCUT2D eigenvalue weighted by molar-refractivity contribution is 5.32. The molecule has 0 saturated carbocycles. The molecular weight excluding hydrogens is 271 g/mol. The van der Waals surface area contributed by atoms with Gasteiger partial charge in [0.05, 0.1) is 7.11 Å². The van der Waals surface area contributed by atoms with Gasteiger partial charge in [-0.3, -0.25) is 4.68 Å². The molecule has 0 fully saturated rings. The average Bonchev–Trinajstić information content (AvgIpc) is 2.94. The first-order chi connectivity index (χ1) is 10.2. The van der Waals surface area contributed by atoms with Crippen LogP contribution in [0.15, 0.2) is 24.5 Å². The van der Waals surface area contributed by atoms with E-state index in [1.807, 2.05) is 18.5 Å². The molecule has 1 unspecified atom stereocenters. The van der Waals surface area contributed by atoms with Crippen LogP contribution in [0.3, 0.4) is 0 Å². The molecule has 1 heterocycles. The summed E-state index contributed by atoms with van der Waals surface area (Å²) >= 11 is 0. The summed E-state index contributed by atoms with van der Waals surface area (Å²) < 4.78 is 20.5. The number of methoxy groups -OCH3 is 1. The van der Waals surface area contributed by atoms with Gasteiger partial charge in [-0.05, 0) is 31.2 Å². The SMILES string of the molecule is CCNC(Cc1ncnn1CC)c1ccc(F)c(OC)c1. The molecule has 114 valence electrons. The van der Waals surface area contributed by atoms with Gasteiger partial charge in [0.2, 0.25) is 0 Å². The number of nitrogens with one attached hydrogen (secondary N) is 1. The number of halogens is 1. The van der Waals surface area contributed by atoms with Crippen molar-refractivity contribution >= 4 is 0 Å². The lowest BCUT2D eigenvalue weighted by molar-refractivity contribution is 0.384. The predicted molar refractivity (Wildman–Crippen MR) is 78.8 cm³/mol. The minimum absolute atomic E-state index is 0.0407. The minimum Gasteiger partial charge on any atom is -0.494 e. The van der Waals surface area contributed by atoms with E-state index >= 15 is 0 Å². The van der Waals surface area contributed by atoms with Gasteiger partial charge in [0.25, 0.3) is 0 Å². The second-order valence-electron chi connectivity index (χ2n) is 4.70. The lowest BCUT2D eigenvalue weighted by atomic mass is 10.0. The third-order valence-corrected chi connectivity index (χ3v) is 3.41. The van der Waals surface area contributed by atoms with Crippen LogP contribution in [0.25, 0.3) is 0 Å². The van der Waals surface area contributed by atoms with Crippen LogP contribution in [-0.4, -0.2) is 28.4 Å². The van der Waals surface area contributed by atoms with Crippen molar-refractivity contribution in [2.75, 3.05) is 13.7 Å². The lowest BCUT2D eigenvalue weighted by Gasteiger charge is -2.19. The van der Waals surface area contributed by atoms with E-state index < -0.39 is 0 Å². The van der Waals surface area contributed by atoms with Gasteiger partial charge in [0.15, 0.2) is 11.6 Å². The Morgan fingerprint density at radius 3 is 2.86 bits per heavy atom. The van der Waals surface area contributed by atoms with Gasteiger partial charge in [0.1, 0.15) is 12.2 Å². The second kappa shape index (κ2) is 7.17. The van der Waals surface area contributed by atoms with Gasteiger partial charge in [-0.1, -0.05) is 13.0 Å². The van der Waals surface area contributed by atoms with E-state index in [4.69, 9.17) is 4.74 Å². The molecule has 2 rings (SSSR count). The number of rotatable bonds is 7. The topological polar surface area (TPSA) is 52.0 Å². The number of ether oxygens (including phenoxy) is 1. The van der Waals surface area contributed by atoms with Gasteiger partial charge < -0.3 is 10.1 Å². The monoisotopic (exact) mass is 292 g/mol. The summed E-state index contributed by atoms with van der Waals surface area (Å²) in [5.74, 6) is 0.812. The molecule has 2 aromatic rings. The first-order valence-electron chi connectivity index (χ1n) is 7.13. The highest BCUT2D eigenvalue weighted by Crippen LogP contribution is 2.24. The number of likely N-dealkylation sites (N-methyl/N-ethyl adjacent to an activating group) is 1. The fourth-order valence-electron chi connectivity index (χ4n) is 2.34. The van der Waals surface area contributed by atoms with Crippen molar-refractivity contribution in [3.63, 3.8) is 0 Å². The van der Waals surface area contributed by atoms with Gasteiger partial charge in [-0.25, -0.2) is 9.37 Å². The summed E-state index contributed by atoms with van der Waals surface area (Å²) in [6, 6.07) is 4.98. The number of aromatic nitrogens is 3. The van der Waals surface area contributed by atoms with E-state index in [0.29, 0.717) is 6.42 Å². The fourth-order valence-corrected chi connectivity index (χ4v) is 2.34. The summed E-state index contributed by atoms with van der Waals surface area (Å²) in [5, 5.41) is 7.58. The predicted octanol–water partition coefficient (Wildman–Crippen LogP) is 2.34. The summed E-state index contributed by atoms with van der Waals surface area (Å²) in [4.78, 5) is 4.30. The molecule has 6 heteroatoms. The third-order valence-electron chi connectivity index (χ3n) is 3.41. The number of nitrogens with zero attached hydrogens (tertiary/aromatic N) is 3. The number of hydrogen-bond donors (Lipinski definition) is 1. The van der Waals surface area contributed by atoms with Crippen LogP contribution in [0.4, 0.5) is 4.39 Å². The van der Waals surface area contributed by atoms with Crippen molar-refractivity contribution in [1.29, 1.82) is 0 Å². The fraction of sp³-hybridized carbons (Fsp3) is 0.467. The zero-order valence-electron chi connectivity index (χ0n) is 12.6. The number of aryl methyl sites for hydroxylation is 1. The van der Waals surface area contributed by atoms with E-state index in [2.05, 4.69) is 15.4 Å². The zero-order valence-corrected chi connectivity index (χ0v) is 12.6. The summed E-state index contributed by atoms with van der Waals surface area (Å²) in [6.45, 7) is 5.66. The molecule has 0 spiro atoms. The molecule has 0 saturated heterocycles. The van der Waals surface area contributed by atoms with Crippen LogP contribution >= 0.6 is 0 Å². The maximum absolute atomic E-state index is 13.5. The summed E-state index contributed by atoms with van der Waals surface area (Å²) in [6.07, 6.45) is 2.25. The van der Waals surface area contributed by atoms with Crippen LogP contribution < -0.4 is 10.1 Å². The van der Waals surface area contributed by atoms with Crippen LogP contribution in [0.2, 0.25) is 0 Å². The van der Waals surface area contributed by atoms with E-state index in [1.165, 1.54) is 13.2 Å². The van der Waals surface area contributed by atoms with Crippen molar-refractivity contribution < 1.29 is 9.13 Å². The van der Waals surface area contributed by atoms with E-state index in [9.17, 15) is 4.39 Å². The Hall–Kier alpha value is -1.95. The largest absolute Gasteiger partial charge is 0.494 e. The Morgan fingerprint density at radius 1 is 1.38 bits per heavy atom. The lowest BCUT2D eigenvalue weighted by Crippen LogP contribution is -2.24. The van der Waals surface area contributed by atoms with E-state index in [1.54, 1.807) is 18.5 Å². The first-order valence-corrected chi connectivity index (χ1v) is 7.13. The highest BCUT2D eigenvalue weighted by Gasteiger charge is 2.16. The second-order valence-corrected chi connectivity index (χ2v) is 4.70. The highest BCUT2D eigenvalue weighted by atomic mass is 19.1. The van der Waals surface area contributed by atoms with Gasteiger partial charge in [-0.2, -0.15) is 5.10 Å². The van der Waals surface area contributed by atoms with Crippen molar-refractivity contribution in [3.8, 4) is 5.75 Å². The maximum atomic E-state index is 13.5. The van der Waals surface area contributed by atoms with Crippen LogP contribution in [-0.2, 0) is 13.0 Å². The third kappa shape index (κ3) is 3.58. The summed E-state index contributed by atoms with van der Waals surface area (Å²) in [5.41, 5.74) is 0.973. The zero-order chi connectivity index (χ0) is 15.2. The summed E-state index contributed by atoms with van der Waals surface area (Å²) in [7, 11) is 1.47. The van der Waals surface area contributed by atoms with Crippen LogP contribution in [0, 0.1) is 5.82 Å². The Labute approximate surface area is 124 Å². The standard InChI is InChI=1S/C15H21FN4O/c1-4-17-13(9-15-18-10-19-20(15)5-2)11-6-7-12(16)14(8-11)21-3/h6-8,10,13,17H,4-5,9H2,1-3H3. The van der Waals surface area contributed by atoms with Crippen molar-refractivity contribution in [1.82, 2.24) is 20.1 Å². The Morgan fingerprint density at radius 2 is 2.19 bits per heavy atom. The number of benzene rings is 1. The molecule has 1 atom stereocenters. The number of hydrogen-bond acceptors (Lipinski definition) is 4. The molecule has 21 heavy (non-hydrogen) atoms. The van der Waals surface area contributed by atoms with Crippen molar-refractivity contribution in [2.24, 2.45) is 0 Å². The van der Waals surface area contributed by atoms with Crippen molar-refractivity contribution in [2.45, 2.75) is 32.9 Å². The molecule has 0 amide bonds. The molecule has 0 radical (unpaired) electrons. The molecule has 0 aliphatic heterocycles. The smallest absolute Gasteiger partial charge is 0.165 e. The Bertz CT molecular complexity index is 585. The van der Waals surface area contributed by atoms with Gasteiger partial charge in [0, 0.05) is 19.0 Å². The Kier molecular flexibility index (Phi) is 5.27. The normalized spacial score (nSPS) is 12.4. The van der Waals surface area contributed by atoms with Crippen LogP contribution in [0.5, 0.6) is 5.75 Å². The molecule has 0 aliphatic rings. The molecular formula is C15H21FN4O. The quantitative estimate of drug-likeness (QED) is 0.851. The van der Waals surface area contributed by atoms with Gasteiger partial charge in [-0.15, -0.1) is 0 Å². The minimum atomic E-state index is -0.353. The molecule has 1 aromatic carbocycles. The maximum Gasteiger partial charge on any atom is 0.165 e. The Balaban J connectivity index is 2.26. The average molecular weight is 292 g/mol. The van der Waals surface area contributed by atoms with E-state index in [0.717, 1.165) is 24.5 Å². The van der Waals surface area contributed by atoms with Crippen LogP contribution in [0.1, 0.15) is 31.3 Å². The molecule has 0 bridgehead atoms. The van der Waals surface area contributed by atoms with Gasteiger partial charge >= 0.3 is 0 Å². The molecule has 1 N–H and O–H groups in total. The first kappa shape index (κ1) is 15.4.